The van der Waals surface area contributed by atoms with Gasteiger partial charge in [-0.05, 0) is 30.7 Å². The van der Waals surface area contributed by atoms with Gasteiger partial charge in [-0.3, -0.25) is 4.79 Å². The van der Waals surface area contributed by atoms with Crippen molar-refractivity contribution < 1.29 is 9.32 Å². The quantitative estimate of drug-likeness (QED) is 0.725. The zero-order chi connectivity index (χ0) is 16.9. The van der Waals surface area contributed by atoms with Crippen molar-refractivity contribution in [3.8, 4) is 11.4 Å². The summed E-state index contributed by atoms with van der Waals surface area (Å²) in [7, 11) is 0. The van der Waals surface area contributed by atoms with E-state index in [1.165, 1.54) is 0 Å². The zero-order valence-electron chi connectivity index (χ0n) is 13.1. The van der Waals surface area contributed by atoms with Crippen molar-refractivity contribution >= 4 is 21.8 Å². The van der Waals surface area contributed by atoms with E-state index >= 15 is 0 Å². The number of amides is 1. The Hall–Kier alpha value is -2.47. The maximum Gasteiger partial charge on any atom is 0.251 e. The maximum absolute atomic E-state index is 12.1. The molecule has 0 fully saturated rings. The van der Waals surface area contributed by atoms with Crippen LogP contribution in [0.5, 0.6) is 0 Å². The van der Waals surface area contributed by atoms with E-state index in [1.807, 2.05) is 43.3 Å². The second kappa shape index (κ2) is 7.40. The fourth-order valence-electron chi connectivity index (χ4n) is 2.30. The summed E-state index contributed by atoms with van der Waals surface area (Å²) >= 11 is 3.35. The van der Waals surface area contributed by atoms with Gasteiger partial charge in [0, 0.05) is 28.6 Å². The maximum atomic E-state index is 12.1. The van der Waals surface area contributed by atoms with E-state index in [2.05, 4.69) is 31.4 Å². The van der Waals surface area contributed by atoms with Crippen LogP contribution >= 0.6 is 15.9 Å². The summed E-state index contributed by atoms with van der Waals surface area (Å²) in [6, 6.07) is 15.1. The molecular weight excluding hydrogens is 370 g/mol. The minimum absolute atomic E-state index is 0.130. The summed E-state index contributed by atoms with van der Waals surface area (Å²) in [6.07, 6.45) is 0.485. The van der Waals surface area contributed by atoms with Crippen LogP contribution in [-0.4, -0.2) is 22.6 Å². The molecule has 0 atom stereocenters. The molecule has 0 bridgehead atoms. The molecule has 2 aromatic carbocycles. The van der Waals surface area contributed by atoms with Crippen LogP contribution < -0.4 is 5.32 Å². The van der Waals surface area contributed by atoms with Gasteiger partial charge in [0.2, 0.25) is 11.7 Å². The van der Waals surface area contributed by atoms with Gasteiger partial charge in [0.25, 0.3) is 5.91 Å². The number of benzene rings is 2. The molecule has 3 rings (SSSR count). The van der Waals surface area contributed by atoms with Crippen molar-refractivity contribution in [3.63, 3.8) is 0 Å². The van der Waals surface area contributed by atoms with Gasteiger partial charge < -0.3 is 9.84 Å². The third-order valence-corrected chi connectivity index (χ3v) is 4.06. The highest BCUT2D eigenvalue weighted by atomic mass is 79.9. The highest BCUT2D eigenvalue weighted by molar-refractivity contribution is 9.10. The number of rotatable bonds is 5. The molecule has 0 saturated carbocycles. The second-order valence-corrected chi connectivity index (χ2v) is 6.26. The topological polar surface area (TPSA) is 68.0 Å². The van der Waals surface area contributed by atoms with Gasteiger partial charge in [0.05, 0.1) is 0 Å². The molecule has 122 valence electrons. The molecule has 1 aromatic heterocycles. The lowest BCUT2D eigenvalue weighted by Crippen LogP contribution is -2.25. The lowest BCUT2D eigenvalue weighted by Gasteiger charge is -2.03. The van der Waals surface area contributed by atoms with Crippen LogP contribution in [0.15, 0.2) is 57.5 Å². The Balaban J connectivity index is 1.58. The Morgan fingerprint density at radius 2 is 2.04 bits per heavy atom. The molecule has 5 nitrogen and oxygen atoms in total. The molecule has 0 aliphatic heterocycles. The Morgan fingerprint density at radius 3 is 2.83 bits per heavy atom. The summed E-state index contributed by atoms with van der Waals surface area (Å²) in [5.41, 5.74) is 2.65. The number of carbonyl (C=O) groups is 1. The molecule has 6 heteroatoms. The van der Waals surface area contributed by atoms with Crippen LogP contribution in [0.1, 0.15) is 21.8 Å². The molecule has 1 heterocycles. The van der Waals surface area contributed by atoms with Crippen molar-refractivity contribution in [2.45, 2.75) is 13.3 Å². The fourth-order valence-corrected chi connectivity index (χ4v) is 2.70. The van der Waals surface area contributed by atoms with E-state index < -0.39 is 0 Å². The summed E-state index contributed by atoms with van der Waals surface area (Å²) in [4.78, 5) is 16.4. The molecule has 3 aromatic rings. The first-order valence-corrected chi connectivity index (χ1v) is 8.35. The number of aromatic nitrogens is 2. The van der Waals surface area contributed by atoms with Crippen LogP contribution in [0.3, 0.4) is 0 Å². The second-order valence-electron chi connectivity index (χ2n) is 5.34. The zero-order valence-corrected chi connectivity index (χ0v) is 14.7. The third-order valence-electron chi connectivity index (χ3n) is 3.57. The van der Waals surface area contributed by atoms with Crippen LogP contribution in [0.25, 0.3) is 11.4 Å². The largest absolute Gasteiger partial charge is 0.352 e. The van der Waals surface area contributed by atoms with E-state index in [0.29, 0.717) is 30.2 Å². The third kappa shape index (κ3) is 3.89. The van der Waals surface area contributed by atoms with Crippen LogP contribution in [-0.2, 0) is 6.42 Å². The minimum Gasteiger partial charge on any atom is -0.352 e. The first kappa shape index (κ1) is 16.4. The van der Waals surface area contributed by atoms with Gasteiger partial charge in [-0.1, -0.05) is 51.4 Å². The van der Waals surface area contributed by atoms with Crippen molar-refractivity contribution in [2.24, 2.45) is 0 Å². The molecule has 1 amide bonds. The summed E-state index contributed by atoms with van der Waals surface area (Å²) in [5.74, 6) is 0.944. The first-order valence-electron chi connectivity index (χ1n) is 7.56. The van der Waals surface area contributed by atoms with Gasteiger partial charge in [0.15, 0.2) is 0 Å². The monoisotopic (exact) mass is 385 g/mol. The van der Waals surface area contributed by atoms with Gasteiger partial charge >= 0.3 is 0 Å². The first-order chi connectivity index (χ1) is 11.6. The molecule has 1 N–H and O–H groups in total. The van der Waals surface area contributed by atoms with E-state index in [1.54, 1.807) is 12.1 Å². The molecular formula is C18H16BrN3O2. The smallest absolute Gasteiger partial charge is 0.251 e. The van der Waals surface area contributed by atoms with Crippen molar-refractivity contribution in [1.82, 2.24) is 15.5 Å². The minimum atomic E-state index is -0.130. The predicted octanol–water partition coefficient (Wildman–Crippen LogP) is 3.78. The van der Waals surface area contributed by atoms with E-state index in [0.717, 1.165) is 15.6 Å². The number of nitrogens with one attached hydrogen (secondary N) is 1. The molecule has 0 aliphatic carbocycles. The fraction of sp³-hybridized carbons (Fsp3) is 0.167. The Bertz CT molecular complexity index is 861. The van der Waals surface area contributed by atoms with Gasteiger partial charge in [-0.2, -0.15) is 4.98 Å². The molecule has 24 heavy (non-hydrogen) atoms. The molecule has 0 radical (unpaired) electrons. The molecule has 0 aliphatic rings. The van der Waals surface area contributed by atoms with Gasteiger partial charge in [0.1, 0.15) is 0 Å². The number of hydrogen-bond acceptors (Lipinski definition) is 4. The summed E-state index contributed by atoms with van der Waals surface area (Å²) in [6.45, 7) is 2.43. The number of halogens is 1. The molecule has 0 unspecified atom stereocenters. The summed E-state index contributed by atoms with van der Waals surface area (Å²) < 4.78 is 6.13. The number of carbonyl (C=O) groups excluding carboxylic acids is 1. The SMILES string of the molecule is Cc1ccccc1-c1noc(CCNC(=O)c2cccc(Br)c2)n1. The number of aryl methyl sites for hydroxylation is 1. The molecule has 0 saturated heterocycles. The molecule has 0 spiro atoms. The average Bonchev–Trinajstić information content (AvgIpc) is 3.04. The number of hydrogen-bond donors (Lipinski definition) is 1. The highest BCUT2D eigenvalue weighted by Crippen LogP contribution is 2.19. The Labute approximate surface area is 148 Å². The van der Waals surface area contributed by atoms with E-state index in [9.17, 15) is 4.79 Å². The van der Waals surface area contributed by atoms with Crippen LogP contribution in [0, 0.1) is 6.92 Å². The van der Waals surface area contributed by atoms with Crippen LogP contribution in [0.2, 0.25) is 0 Å². The van der Waals surface area contributed by atoms with Crippen molar-refractivity contribution in [3.05, 3.63) is 70.0 Å². The Kier molecular flexibility index (Phi) is 5.05. The lowest BCUT2D eigenvalue weighted by atomic mass is 10.1. The van der Waals surface area contributed by atoms with E-state index in [-0.39, 0.29) is 5.91 Å². The normalized spacial score (nSPS) is 10.6. The standard InChI is InChI=1S/C18H16BrN3O2/c1-12-5-2-3-8-15(12)17-21-16(24-22-17)9-10-20-18(23)13-6-4-7-14(19)11-13/h2-8,11H,9-10H2,1H3,(H,20,23). The Morgan fingerprint density at radius 1 is 1.21 bits per heavy atom. The lowest BCUT2D eigenvalue weighted by molar-refractivity contribution is 0.0953. The van der Waals surface area contributed by atoms with Gasteiger partial charge in [-0.15, -0.1) is 0 Å². The summed E-state index contributed by atoms with van der Waals surface area (Å²) in [5, 5.41) is 6.86. The predicted molar refractivity (Wildman–Crippen MR) is 94.7 cm³/mol. The van der Waals surface area contributed by atoms with Crippen molar-refractivity contribution in [2.75, 3.05) is 6.54 Å². The van der Waals surface area contributed by atoms with Crippen molar-refractivity contribution in [1.29, 1.82) is 0 Å². The van der Waals surface area contributed by atoms with E-state index in [4.69, 9.17) is 4.52 Å². The average molecular weight is 386 g/mol. The number of nitrogens with zero attached hydrogens (tertiary/aromatic N) is 2. The highest BCUT2D eigenvalue weighted by Gasteiger charge is 2.11. The van der Waals surface area contributed by atoms with Crippen LogP contribution in [0.4, 0.5) is 0 Å². The van der Waals surface area contributed by atoms with Gasteiger partial charge in [-0.25, -0.2) is 0 Å².